The Kier molecular flexibility index (Phi) is 3.66. The highest BCUT2D eigenvalue weighted by Gasteiger charge is 2.09. The number of nitrogens with one attached hydrogen (secondary N) is 1. The lowest BCUT2D eigenvalue weighted by Gasteiger charge is -2.10. The van der Waals surface area contributed by atoms with Crippen LogP contribution in [0.5, 0.6) is 0 Å². The first-order chi connectivity index (χ1) is 9.15. The van der Waals surface area contributed by atoms with E-state index in [0.717, 1.165) is 5.56 Å². The van der Waals surface area contributed by atoms with Gasteiger partial charge >= 0.3 is 0 Å². The maximum Gasteiger partial charge on any atom is 0.148 e. The molecule has 0 aliphatic carbocycles. The first kappa shape index (κ1) is 12.9. The van der Waals surface area contributed by atoms with Gasteiger partial charge in [-0.15, -0.1) is 0 Å². The van der Waals surface area contributed by atoms with E-state index in [1.807, 2.05) is 13.0 Å². The van der Waals surface area contributed by atoms with Crippen molar-refractivity contribution in [2.24, 2.45) is 0 Å². The summed E-state index contributed by atoms with van der Waals surface area (Å²) in [4.78, 5) is 4.13. The van der Waals surface area contributed by atoms with E-state index >= 15 is 0 Å². The van der Waals surface area contributed by atoms with E-state index in [1.54, 1.807) is 30.5 Å². The predicted molar refractivity (Wildman–Crippen MR) is 73.1 cm³/mol. The number of halogens is 1. The maximum atomic E-state index is 9.13. The third-order valence-corrected chi connectivity index (χ3v) is 2.95. The molecule has 1 heterocycles. The van der Waals surface area contributed by atoms with Crippen molar-refractivity contribution in [1.29, 1.82) is 10.5 Å². The molecule has 19 heavy (non-hydrogen) atoms. The number of pyridine rings is 1. The molecule has 92 valence electrons. The van der Waals surface area contributed by atoms with Crippen molar-refractivity contribution < 1.29 is 0 Å². The van der Waals surface area contributed by atoms with Crippen LogP contribution in [0.4, 0.5) is 11.5 Å². The van der Waals surface area contributed by atoms with Crippen LogP contribution in [0.1, 0.15) is 16.7 Å². The fourth-order valence-electron chi connectivity index (χ4n) is 1.61. The second kappa shape index (κ2) is 5.39. The molecule has 5 heteroatoms. The van der Waals surface area contributed by atoms with Crippen LogP contribution >= 0.6 is 11.6 Å². The highest BCUT2D eigenvalue weighted by Crippen LogP contribution is 2.27. The molecule has 0 atom stereocenters. The SMILES string of the molecule is Cc1ccnc(Nc2cc(C#N)ccc2Cl)c1C#N. The number of anilines is 2. The zero-order valence-corrected chi connectivity index (χ0v) is 10.9. The van der Waals surface area contributed by atoms with E-state index in [0.29, 0.717) is 27.7 Å². The molecule has 0 radical (unpaired) electrons. The third-order valence-electron chi connectivity index (χ3n) is 2.62. The smallest absolute Gasteiger partial charge is 0.148 e. The second-order valence-corrected chi connectivity index (χ2v) is 4.30. The summed E-state index contributed by atoms with van der Waals surface area (Å²) >= 11 is 6.06. The second-order valence-electron chi connectivity index (χ2n) is 3.89. The Labute approximate surface area is 115 Å². The Balaban J connectivity index is 2.46. The molecule has 2 aromatic rings. The lowest BCUT2D eigenvalue weighted by molar-refractivity contribution is 1.24. The van der Waals surface area contributed by atoms with Crippen LogP contribution in [-0.4, -0.2) is 4.98 Å². The molecule has 0 saturated carbocycles. The van der Waals surface area contributed by atoms with Gasteiger partial charge in [0.1, 0.15) is 11.9 Å². The van der Waals surface area contributed by atoms with Gasteiger partial charge < -0.3 is 5.32 Å². The van der Waals surface area contributed by atoms with Crippen LogP contribution in [0, 0.1) is 29.6 Å². The summed E-state index contributed by atoms with van der Waals surface area (Å²) in [5, 5.41) is 21.5. The van der Waals surface area contributed by atoms with E-state index in [4.69, 9.17) is 22.1 Å². The molecule has 0 aliphatic rings. The maximum absolute atomic E-state index is 9.13. The average molecular weight is 269 g/mol. The van der Waals surface area contributed by atoms with Gasteiger partial charge in [0.2, 0.25) is 0 Å². The highest BCUT2D eigenvalue weighted by molar-refractivity contribution is 6.33. The fourth-order valence-corrected chi connectivity index (χ4v) is 1.78. The van der Waals surface area contributed by atoms with Crippen LogP contribution in [-0.2, 0) is 0 Å². The normalized spacial score (nSPS) is 9.47. The molecule has 0 fully saturated rings. The number of aryl methyl sites for hydroxylation is 1. The molecule has 0 aliphatic heterocycles. The Bertz CT molecular complexity index is 710. The lowest BCUT2D eigenvalue weighted by atomic mass is 10.1. The first-order valence-corrected chi connectivity index (χ1v) is 5.86. The van der Waals surface area contributed by atoms with Crippen molar-refractivity contribution in [2.75, 3.05) is 5.32 Å². The molecule has 4 nitrogen and oxygen atoms in total. The van der Waals surface area contributed by atoms with Crippen molar-refractivity contribution in [3.8, 4) is 12.1 Å². The van der Waals surface area contributed by atoms with Crippen molar-refractivity contribution in [1.82, 2.24) is 4.98 Å². The van der Waals surface area contributed by atoms with Gasteiger partial charge in [-0.1, -0.05) is 11.6 Å². The highest BCUT2D eigenvalue weighted by atomic mass is 35.5. The van der Waals surface area contributed by atoms with Crippen molar-refractivity contribution in [3.05, 3.63) is 52.2 Å². The molecule has 1 N–H and O–H groups in total. The van der Waals surface area contributed by atoms with Gasteiger partial charge in [0, 0.05) is 6.20 Å². The van der Waals surface area contributed by atoms with Crippen molar-refractivity contribution in [3.63, 3.8) is 0 Å². The number of nitrogens with zero attached hydrogens (tertiary/aromatic N) is 3. The van der Waals surface area contributed by atoms with Gasteiger partial charge in [0.25, 0.3) is 0 Å². The Morgan fingerprint density at radius 3 is 2.68 bits per heavy atom. The van der Waals surface area contributed by atoms with Crippen molar-refractivity contribution >= 4 is 23.1 Å². The van der Waals surface area contributed by atoms with E-state index < -0.39 is 0 Å². The summed E-state index contributed by atoms with van der Waals surface area (Å²) in [6, 6.07) is 10.8. The minimum Gasteiger partial charge on any atom is -0.338 e. The number of nitriles is 2. The van der Waals surface area contributed by atoms with Gasteiger partial charge in [0.15, 0.2) is 0 Å². The van der Waals surface area contributed by atoms with Gasteiger partial charge in [0.05, 0.1) is 27.9 Å². The number of rotatable bonds is 2. The number of benzene rings is 1. The summed E-state index contributed by atoms with van der Waals surface area (Å²) in [5.41, 5.74) is 2.32. The standard InChI is InChI=1S/C14H9ClN4/c1-9-4-5-18-14(11(9)8-17)19-13-6-10(7-16)2-3-12(13)15/h2-6H,1H3,(H,18,19). The molecule has 1 aromatic carbocycles. The monoisotopic (exact) mass is 268 g/mol. The molecular weight excluding hydrogens is 260 g/mol. The minimum atomic E-state index is 0.430. The van der Waals surface area contributed by atoms with E-state index in [9.17, 15) is 0 Å². The quantitative estimate of drug-likeness (QED) is 0.904. The summed E-state index contributed by atoms with van der Waals surface area (Å²) in [6.07, 6.45) is 1.61. The van der Waals surface area contributed by atoms with Gasteiger partial charge in [-0.2, -0.15) is 10.5 Å². The Hall–Kier alpha value is -2.56. The molecule has 0 spiro atoms. The lowest BCUT2D eigenvalue weighted by Crippen LogP contribution is -1.99. The van der Waals surface area contributed by atoms with Gasteiger partial charge in [-0.25, -0.2) is 4.98 Å². The molecule has 2 rings (SSSR count). The molecule has 1 aromatic heterocycles. The topological polar surface area (TPSA) is 72.5 Å². The Morgan fingerprint density at radius 1 is 1.21 bits per heavy atom. The zero-order chi connectivity index (χ0) is 13.8. The third kappa shape index (κ3) is 2.65. The van der Waals surface area contributed by atoms with E-state index in [-0.39, 0.29) is 0 Å². The first-order valence-electron chi connectivity index (χ1n) is 5.48. The van der Waals surface area contributed by atoms with Gasteiger partial charge in [-0.3, -0.25) is 0 Å². The Morgan fingerprint density at radius 2 is 2.00 bits per heavy atom. The fraction of sp³-hybridized carbons (Fsp3) is 0.0714. The summed E-state index contributed by atoms with van der Waals surface area (Å²) in [5.74, 6) is 0.430. The summed E-state index contributed by atoms with van der Waals surface area (Å²) in [7, 11) is 0. The minimum absolute atomic E-state index is 0.430. The van der Waals surface area contributed by atoms with Gasteiger partial charge in [-0.05, 0) is 36.8 Å². The summed E-state index contributed by atoms with van der Waals surface area (Å²) in [6.45, 7) is 1.83. The number of hydrogen-bond acceptors (Lipinski definition) is 4. The number of aromatic nitrogens is 1. The van der Waals surface area contributed by atoms with Crippen LogP contribution in [0.25, 0.3) is 0 Å². The summed E-state index contributed by atoms with van der Waals surface area (Å²) < 4.78 is 0. The largest absolute Gasteiger partial charge is 0.338 e. The zero-order valence-electron chi connectivity index (χ0n) is 10.1. The van der Waals surface area contributed by atoms with E-state index in [2.05, 4.69) is 16.4 Å². The van der Waals surface area contributed by atoms with Crippen molar-refractivity contribution in [2.45, 2.75) is 6.92 Å². The molecule has 0 saturated heterocycles. The molecule has 0 unspecified atom stereocenters. The molecule has 0 bridgehead atoms. The molecular formula is C14H9ClN4. The average Bonchev–Trinajstić information content (AvgIpc) is 2.41. The predicted octanol–water partition coefficient (Wildman–Crippen LogP) is 3.53. The van der Waals surface area contributed by atoms with Crippen LogP contribution in [0.3, 0.4) is 0 Å². The van der Waals surface area contributed by atoms with Crippen LogP contribution in [0.2, 0.25) is 5.02 Å². The van der Waals surface area contributed by atoms with Crippen LogP contribution < -0.4 is 5.32 Å². The number of hydrogen-bond donors (Lipinski definition) is 1. The van der Waals surface area contributed by atoms with E-state index in [1.165, 1.54) is 0 Å². The van der Waals surface area contributed by atoms with Crippen LogP contribution in [0.15, 0.2) is 30.5 Å². The molecule has 0 amide bonds.